The molecule has 0 saturated heterocycles. The molecule has 28 heavy (non-hydrogen) atoms. The predicted molar refractivity (Wildman–Crippen MR) is 113 cm³/mol. The van der Waals surface area contributed by atoms with E-state index in [4.69, 9.17) is 0 Å². The van der Waals surface area contributed by atoms with E-state index in [1.807, 2.05) is 6.20 Å². The predicted octanol–water partition coefficient (Wildman–Crippen LogP) is 4.84. The number of fused-ring (bicyclic) bond motifs is 3. The summed E-state index contributed by atoms with van der Waals surface area (Å²) in [6.45, 7) is 4.27. The monoisotopic (exact) mass is 391 g/mol. The Kier molecular flexibility index (Phi) is 4.12. The van der Waals surface area contributed by atoms with Gasteiger partial charge in [0.1, 0.15) is 0 Å². The van der Waals surface area contributed by atoms with Crippen LogP contribution >= 0.6 is 11.3 Å². The van der Waals surface area contributed by atoms with E-state index >= 15 is 0 Å². The first-order valence-corrected chi connectivity index (χ1v) is 10.5. The van der Waals surface area contributed by atoms with Crippen molar-refractivity contribution in [3.8, 4) is 11.1 Å². The first kappa shape index (κ1) is 17.3. The number of benzene rings is 1. The van der Waals surface area contributed by atoms with Gasteiger partial charge in [0.05, 0.1) is 27.6 Å². The number of pyridine rings is 1. The Balaban J connectivity index is 1.62. The second-order valence-electron chi connectivity index (χ2n) is 7.42. The number of carbonyl (C=O) groups excluding carboxylic acids is 1. The van der Waals surface area contributed by atoms with Gasteiger partial charge in [-0.1, -0.05) is 24.7 Å². The molecule has 4 aromatic rings. The first-order chi connectivity index (χ1) is 13.6. The molecule has 0 radical (unpaired) electrons. The molecule has 5 rings (SSSR count). The number of aryl methyl sites for hydroxylation is 2. The van der Waals surface area contributed by atoms with Gasteiger partial charge in [-0.3, -0.25) is 9.78 Å². The van der Waals surface area contributed by atoms with E-state index in [2.05, 4.69) is 51.2 Å². The van der Waals surface area contributed by atoms with Crippen molar-refractivity contribution in [3.63, 3.8) is 0 Å². The third-order valence-corrected chi connectivity index (χ3v) is 6.20. The Morgan fingerprint density at radius 3 is 2.89 bits per heavy atom. The van der Waals surface area contributed by atoms with Crippen LogP contribution in [0.4, 0.5) is 5.13 Å². The lowest BCUT2D eigenvalue weighted by Gasteiger charge is -2.09. The Labute approximate surface area is 166 Å². The molecule has 6 nitrogen and oxygen atoms in total. The number of rotatable bonds is 5. The normalized spacial score (nSPS) is 14.1. The number of imidazole rings is 1. The van der Waals surface area contributed by atoms with Gasteiger partial charge in [0.25, 0.3) is 0 Å². The standard InChI is InChI=1S/C21H21N5OS/c1-3-4-13-7-11(2)15(9-22-13)14-8-16-19(18-17(14)23-10-24-18)28-21(25-16)26-20(27)12-5-6-12/h7-10,12H,3-6H2,1-2H3,(H,23,24)(H,25,26,27). The van der Waals surface area contributed by atoms with E-state index in [1.165, 1.54) is 16.9 Å². The van der Waals surface area contributed by atoms with Gasteiger partial charge in [-0.25, -0.2) is 9.97 Å². The van der Waals surface area contributed by atoms with Crippen LogP contribution in [0.2, 0.25) is 0 Å². The lowest BCUT2D eigenvalue weighted by Crippen LogP contribution is -2.12. The highest BCUT2D eigenvalue weighted by Crippen LogP contribution is 2.39. The Morgan fingerprint density at radius 1 is 1.29 bits per heavy atom. The van der Waals surface area contributed by atoms with Crippen molar-refractivity contribution in [2.24, 2.45) is 5.92 Å². The summed E-state index contributed by atoms with van der Waals surface area (Å²) in [5, 5.41) is 3.61. The number of nitrogens with one attached hydrogen (secondary N) is 2. The summed E-state index contributed by atoms with van der Waals surface area (Å²) in [4.78, 5) is 29.2. The minimum atomic E-state index is 0.0756. The minimum absolute atomic E-state index is 0.0756. The number of aromatic amines is 1. The molecule has 0 unspecified atom stereocenters. The molecule has 3 aromatic heterocycles. The number of carbonyl (C=O) groups is 1. The van der Waals surface area contributed by atoms with E-state index in [9.17, 15) is 4.79 Å². The Morgan fingerprint density at radius 2 is 2.14 bits per heavy atom. The summed E-state index contributed by atoms with van der Waals surface area (Å²) in [6.07, 6.45) is 7.67. The number of H-pyrrole nitrogens is 1. The smallest absolute Gasteiger partial charge is 0.229 e. The van der Waals surface area contributed by atoms with Crippen LogP contribution in [0.5, 0.6) is 0 Å². The fourth-order valence-electron chi connectivity index (χ4n) is 3.59. The third-order valence-electron chi connectivity index (χ3n) is 5.20. The van der Waals surface area contributed by atoms with Gasteiger partial charge in [-0.2, -0.15) is 0 Å². The molecular formula is C21H21N5OS. The average Bonchev–Trinajstić information content (AvgIpc) is 3.27. The molecule has 3 heterocycles. The number of hydrogen-bond acceptors (Lipinski definition) is 5. The molecule has 1 fully saturated rings. The third kappa shape index (κ3) is 2.96. The molecule has 7 heteroatoms. The zero-order chi connectivity index (χ0) is 19.3. The quantitative estimate of drug-likeness (QED) is 0.510. The highest BCUT2D eigenvalue weighted by molar-refractivity contribution is 7.23. The first-order valence-electron chi connectivity index (χ1n) is 9.67. The van der Waals surface area contributed by atoms with Gasteiger partial charge in [-0.15, -0.1) is 0 Å². The maximum atomic E-state index is 12.1. The summed E-state index contributed by atoms with van der Waals surface area (Å²) in [5.74, 6) is 0.233. The van der Waals surface area contributed by atoms with Crippen LogP contribution in [0, 0.1) is 12.8 Å². The van der Waals surface area contributed by atoms with Crippen LogP contribution in [0.1, 0.15) is 37.4 Å². The summed E-state index contributed by atoms with van der Waals surface area (Å²) in [7, 11) is 0. The van der Waals surface area contributed by atoms with E-state index in [1.54, 1.807) is 6.33 Å². The molecule has 1 aliphatic rings. The van der Waals surface area contributed by atoms with Crippen LogP contribution in [0.25, 0.3) is 32.4 Å². The largest absolute Gasteiger partial charge is 0.343 e. The van der Waals surface area contributed by atoms with Crippen LogP contribution < -0.4 is 5.32 Å². The van der Waals surface area contributed by atoms with E-state index < -0.39 is 0 Å². The molecule has 1 aromatic carbocycles. The average molecular weight is 392 g/mol. The van der Waals surface area contributed by atoms with Crippen LogP contribution in [-0.2, 0) is 11.2 Å². The second-order valence-corrected chi connectivity index (χ2v) is 8.42. The van der Waals surface area contributed by atoms with Gasteiger partial charge in [0, 0.05) is 28.9 Å². The molecule has 1 aliphatic carbocycles. The molecule has 142 valence electrons. The van der Waals surface area contributed by atoms with E-state index in [0.29, 0.717) is 5.13 Å². The maximum absolute atomic E-state index is 12.1. The van der Waals surface area contributed by atoms with Gasteiger partial charge in [-0.05, 0) is 43.9 Å². The molecular weight excluding hydrogens is 370 g/mol. The highest BCUT2D eigenvalue weighted by Gasteiger charge is 2.30. The molecule has 0 aliphatic heterocycles. The van der Waals surface area contributed by atoms with Crippen molar-refractivity contribution in [3.05, 3.63) is 35.9 Å². The van der Waals surface area contributed by atoms with Crippen molar-refractivity contribution >= 4 is 43.6 Å². The fourth-order valence-corrected chi connectivity index (χ4v) is 4.54. The number of anilines is 1. The topological polar surface area (TPSA) is 83.6 Å². The zero-order valence-electron chi connectivity index (χ0n) is 15.9. The molecule has 0 spiro atoms. The lowest BCUT2D eigenvalue weighted by atomic mass is 10.00. The summed E-state index contributed by atoms with van der Waals surface area (Å²) in [6, 6.07) is 4.22. The molecule has 2 N–H and O–H groups in total. The van der Waals surface area contributed by atoms with Gasteiger partial charge >= 0.3 is 0 Å². The van der Waals surface area contributed by atoms with Gasteiger partial charge in [0.2, 0.25) is 5.91 Å². The number of thiazole rings is 1. The second kappa shape index (κ2) is 6.67. The fraction of sp³-hybridized carbons (Fsp3) is 0.333. The van der Waals surface area contributed by atoms with Crippen molar-refractivity contribution in [1.82, 2.24) is 19.9 Å². The van der Waals surface area contributed by atoms with Crippen LogP contribution in [0.3, 0.4) is 0 Å². The number of nitrogens with zero attached hydrogens (tertiary/aromatic N) is 3. The highest BCUT2D eigenvalue weighted by atomic mass is 32.1. The van der Waals surface area contributed by atoms with Crippen LogP contribution in [0.15, 0.2) is 24.7 Å². The van der Waals surface area contributed by atoms with E-state index in [0.717, 1.165) is 63.8 Å². The number of amides is 1. The van der Waals surface area contributed by atoms with Crippen LogP contribution in [-0.4, -0.2) is 25.8 Å². The number of aromatic nitrogens is 4. The van der Waals surface area contributed by atoms with Crippen molar-refractivity contribution in [2.75, 3.05) is 5.32 Å². The molecule has 1 amide bonds. The lowest BCUT2D eigenvalue weighted by molar-refractivity contribution is -0.117. The van der Waals surface area contributed by atoms with Crippen molar-refractivity contribution in [2.45, 2.75) is 39.5 Å². The Hall–Kier alpha value is -2.80. The number of hydrogen-bond donors (Lipinski definition) is 2. The van der Waals surface area contributed by atoms with Gasteiger partial charge in [0.15, 0.2) is 5.13 Å². The van der Waals surface area contributed by atoms with E-state index in [-0.39, 0.29) is 11.8 Å². The summed E-state index contributed by atoms with van der Waals surface area (Å²) in [5.41, 5.74) is 7.09. The minimum Gasteiger partial charge on any atom is -0.343 e. The summed E-state index contributed by atoms with van der Waals surface area (Å²) < 4.78 is 1.01. The molecule has 0 atom stereocenters. The Bertz CT molecular complexity index is 1200. The SMILES string of the molecule is CCCc1cc(C)c(-c2cc3nc(NC(=O)C4CC4)sc3c3[nH]cnc23)cn1. The maximum Gasteiger partial charge on any atom is 0.229 e. The molecule has 0 bridgehead atoms. The van der Waals surface area contributed by atoms with Gasteiger partial charge < -0.3 is 10.3 Å². The molecule has 1 saturated carbocycles. The van der Waals surface area contributed by atoms with Crippen molar-refractivity contribution < 1.29 is 4.79 Å². The zero-order valence-corrected chi connectivity index (χ0v) is 16.7. The van der Waals surface area contributed by atoms with Crippen molar-refractivity contribution in [1.29, 1.82) is 0 Å². The summed E-state index contributed by atoms with van der Waals surface area (Å²) >= 11 is 1.49.